The van der Waals surface area contributed by atoms with Crippen LogP contribution in [0.25, 0.3) is 0 Å². The molecule has 2 atom stereocenters. The molecule has 6 heteroatoms. The van der Waals surface area contributed by atoms with E-state index >= 15 is 0 Å². The normalized spacial score (nSPS) is 12.5. The summed E-state index contributed by atoms with van der Waals surface area (Å²) in [4.78, 5) is 37.9. The average Bonchev–Trinajstić information content (AvgIpc) is 3.22. The number of rotatable bonds is 47. The van der Waals surface area contributed by atoms with E-state index in [0.29, 0.717) is 19.3 Å². The molecule has 0 spiro atoms. The van der Waals surface area contributed by atoms with Crippen LogP contribution in [0.3, 0.4) is 0 Å². The lowest BCUT2D eigenvalue weighted by Gasteiger charge is -2.18. The summed E-state index contributed by atoms with van der Waals surface area (Å²) in [6.07, 6.45) is 46.6. The second-order valence-electron chi connectivity index (χ2n) is 18.9. The SMILES string of the molecule is CCCCCCCCCCCCCCCC(=O)OC[C@@H](COC(=O)CCCCCCCCCCCCCCCCCC(C)C)OC(=O)CCCCCCCCC(C)CC. The molecule has 0 aromatic rings. The Balaban J connectivity index is 4.25. The molecular formula is C53H102O6. The summed E-state index contributed by atoms with van der Waals surface area (Å²) < 4.78 is 16.8. The third-order valence-electron chi connectivity index (χ3n) is 12.3. The third-order valence-corrected chi connectivity index (χ3v) is 12.3. The molecule has 59 heavy (non-hydrogen) atoms. The molecule has 0 saturated carbocycles. The summed E-state index contributed by atoms with van der Waals surface area (Å²) in [6, 6.07) is 0. The first-order valence-corrected chi connectivity index (χ1v) is 26.3. The zero-order chi connectivity index (χ0) is 43.3. The summed E-state index contributed by atoms with van der Waals surface area (Å²) in [6.45, 7) is 11.4. The number of carbonyl (C=O) groups is 3. The molecule has 0 bridgehead atoms. The van der Waals surface area contributed by atoms with Crippen LogP contribution < -0.4 is 0 Å². The minimum absolute atomic E-state index is 0.0644. The van der Waals surface area contributed by atoms with Gasteiger partial charge in [0.15, 0.2) is 6.10 Å². The van der Waals surface area contributed by atoms with Crippen LogP contribution in [0.5, 0.6) is 0 Å². The van der Waals surface area contributed by atoms with Crippen LogP contribution in [0, 0.1) is 11.8 Å². The van der Waals surface area contributed by atoms with Gasteiger partial charge in [0.05, 0.1) is 0 Å². The fourth-order valence-electron chi connectivity index (χ4n) is 7.96. The Kier molecular flexibility index (Phi) is 44.7. The lowest BCUT2D eigenvalue weighted by atomic mass is 10.00. The van der Waals surface area contributed by atoms with Gasteiger partial charge in [-0.3, -0.25) is 14.4 Å². The van der Waals surface area contributed by atoms with Gasteiger partial charge in [-0.15, -0.1) is 0 Å². The zero-order valence-corrected chi connectivity index (χ0v) is 40.4. The van der Waals surface area contributed by atoms with Gasteiger partial charge >= 0.3 is 17.9 Å². The molecule has 0 saturated heterocycles. The van der Waals surface area contributed by atoms with Gasteiger partial charge in [-0.25, -0.2) is 0 Å². The molecule has 0 aromatic carbocycles. The highest BCUT2D eigenvalue weighted by Crippen LogP contribution is 2.18. The van der Waals surface area contributed by atoms with Gasteiger partial charge in [-0.1, -0.05) is 253 Å². The number of hydrogen-bond acceptors (Lipinski definition) is 6. The fraction of sp³-hybridized carbons (Fsp3) is 0.943. The van der Waals surface area contributed by atoms with Crippen LogP contribution in [-0.2, 0) is 28.6 Å². The summed E-state index contributed by atoms with van der Waals surface area (Å²) in [5.41, 5.74) is 0. The first-order chi connectivity index (χ1) is 28.8. The van der Waals surface area contributed by atoms with Crippen LogP contribution >= 0.6 is 0 Å². The van der Waals surface area contributed by atoms with Crippen LogP contribution in [0.1, 0.15) is 291 Å². The zero-order valence-electron chi connectivity index (χ0n) is 40.4. The van der Waals surface area contributed by atoms with E-state index < -0.39 is 6.10 Å². The molecule has 1 unspecified atom stereocenters. The van der Waals surface area contributed by atoms with Crippen molar-refractivity contribution < 1.29 is 28.6 Å². The number of ether oxygens (including phenoxy) is 3. The molecule has 0 radical (unpaired) electrons. The number of hydrogen-bond donors (Lipinski definition) is 0. The molecule has 6 nitrogen and oxygen atoms in total. The monoisotopic (exact) mass is 835 g/mol. The molecule has 0 aliphatic rings. The maximum atomic E-state index is 12.7. The topological polar surface area (TPSA) is 78.9 Å². The van der Waals surface area contributed by atoms with Gasteiger partial charge in [-0.05, 0) is 31.1 Å². The number of esters is 3. The molecular weight excluding hydrogens is 733 g/mol. The highest BCUT2D eigenvalue weighted by Gasteiger charge is 2.19. The van der Waals surface area contributed by atoms with Crippen LogP contribution in [0.4, 0.5) is 0 Å². The van der Waals surface area contributed by atoms with Gasteiger partial charge in [0.2, 0.25) is 0 Å². The van der Waals surface area contributed by atoms with Crippen molar-refractivity contribution in [2.45, 2.75) is 298 Å². The van der Waals surface area contributed by atoms with E-state index in [0.717, 1.165) is 69.6 Å². The predicted molar refractivity (Wildman–Crippen MR) is 252 cm³/mol. The van der Waals surface area contributed by atoms with E-state index in [9.17, 15) is 14.4 Å². The van der Waals surface area contributed by atoms with E-state index in [1.165, 1.54) is 180 Å². The highest BCUT2D eigenvalue weighted by atomic mass is 16.6. The van der Waals surface area contributed by atoms with Crippen LogP contribution in [0.15, 0.2) is 0 Å². The van der Waals surface area contributed by atoms with Crippen molar-refractivity contribution in [3.05, 3.63) is 0 Å². The molecule has 0 heterocycles. The standard InChI is InChI=1S/C53H102O6/c1-6-8-9-10-11-12-13-17-21-24-27-33-38-43-51(54)57-46-50(59-53(56)45-40-35-30-29-32-37-42-49(5)7-2)47-58-52(55)44-39-34-28-25-22-19-16-14-15-18-20-23-26-31-36-41-48(3)4/h48-50H,6-47H2,1-5H3/t49?,50-/m0/s1. The lowest BCUT2D eigenvalue weighted by molar-refractivity contribution is -0.167. The van der Waals surface area contributed by atoms with Gasteiger partial charge in [0.25, 0.3) is 0 Å². The smallest absolute Gasteiger partial charge is 0.306 e. The summed E-state index contributed by atoms with van der Waals surface area (Å²) >= 11 is 0. The first kappa shape index (κ1) is 57.4. The molecule has 350 valence electrons. The summed E-state index contributed by atoms with van der Waals surface area (Å²) in [5, 5.41) is 0. The molecule has 0 fully saturated rings. The first-order valence-electron chi connectivity index (χ1n) is 26.3. The van der Waals surface area contributed by atoms with Crippen molar-refractivity contribution in [2.24, 2.45) is 11.8 Å². The molecule has 0 amide bonds. The van der Waals surface area contributed by atoms with Crippen molar-refractivity contribution in [3.8, 4) is 0 Å². The van der Waals surface area contributed by atoms with Crippen molar-refractivity contribution in [3.63, 3.8) is 0 Å². The predicted octanol–water partition coefficient (Wildman–Crippen LogP) is 16.9. The Labute approximate surface area is 368 Å². The summed E-state index contributed by atoms with van der Waals surface area (Å²) in [5.74, 6) is 0.809. The highest BCUT2D eigenvalue weighted by molar-refractivity contribution is 5.71. The molecule has 0 N–H and O–H groups in total. The van der Waals surface area contributed by atoms with Crippen molar-refractivity contribution in [1.29, 1.82) is 0 Å². The molecule has 0 aromatic heterocycles. The maximum Gasteiger partial charge on any atom is 0.306 e. The van der Waals surface area contributed by atoms with Crippen LogP contribution in [-0.4, -0.2) is 37.2 Å². The second-order valence-corrected chi connectivity index (χ2v) is 18.9. The number of carbonyl (C=O) groups excluding carboxylic acids is 3. The Hall–Kier alpha value is -1.59. The van der Waals surface area contributed by atoms with Gasteiger partial charge in [0.1, 0.15) is 13.2 Å². The Morgan fingerprint density at radius 1 is 0.356 bits per heavy atom. The molecule has 0 rings (SSSR count). The van der Waals surface area contributed by atoms with E-state index in [-0.39, 0.29) is 31.1 Å². The van der Waals surface area contributed by atoms with Crippen LogP contribution in [0.2, 0.25) is 0 Å². The van der Waals surface area contributed by atoms with E-state index in [1.807, 2.05) is 0 Å². The van der Waals surface area contributed by atoms with Crippen molar-refractivity contribution >= 4 is 17.9 Å². The Bertz CT molecular complexity index is 902. The average molecular weight is 835 g/mol. The summed E-state index contributed by atoms with van der Waals surface area (Å²) in [7, 11) is 0. The van der Waals surface area contributed by atoms with E-state index in [2.05, 4.69) is 34.6 Å². The minimum Gasteiger partial charge on any atom is -0.462 e. The van der Waals surface area contributed by atoms with Gasteiger partial charge in [0, 0.05) is 19.3 Å². The lowest BCUT2D eigenvalue weighted by Crippen LogP contribution is -2.30. The van der Waals surface area contributed by atoms with Gasteiger partial charge < -0.3 is 14.2 Å². The second kappa shape index (κ2) is 45.9. The maximum absolute atomic E-state index is 12.7. The fourth-order valence-corrected chi connectivity index (χ4v) is 7.96. The van der Waals surface area contributed by atoms with Gasteiger partial charge in [-0.2, -0.15) is 0 Å². The van der Waals surface area contributed by atoms with Crippen molar-refractivity contribution in [2.75, 3.05) is 13.2 Å². The number of unbranched alkanes of at least 4 members (excludes halogenated alkanes) is 31. The van der Waals surface area contributed by atoms with E-state index in [4.69, 9.17) is 14.2 Å². The van der Waals surface area contributed by atoms with Crippen molar-refractivity contribution in [1.82, 2.24) is 0 Å². The molecule has 0 aliphatic carbocycles. The third kappa shape index (κ3) is 45.8. The minimum atomic E-state index is -0.762. The quantitative estimate of drug-likeness (QED) is 0.0345. The van der Waals surface area contributed by atoms with E-state index in [1.54, 1.807) is 0 Å². The Morgan fingerprint density at radius 2 is 0.644 bits per heavy atom. The largest absolute Gasteiger partial charge is 0.462 e. The Morgan fingerprint density at radius 3 is 0.966 bits per heavy atom. The molecule has 0 aliphatic heterocycles.